The fraction of sp³-hybridized carbons (Fsp3) is 0.600. The van der Waals surface area contributed by atoms with Crippen LogP contribution < -0.4 is 0 Å². The summed E-state index contributed by atoms with van der Waals surface area (Å²) in [5.41, 5.74) is 0. The summed E-state index contributed by atoms with van der Waals surface area (Å²) in [6, 6.07) is 0. The molecule has 0 atom stereocenters. The van der Waals surface area contributed by atoms with Crippen molar-refractivity contribution in [2.45, 2.75) is 15.6 Å². The summed E-state index contributed by atoms with van der Waals surface area (Å²) in [5, 5.41) is 0. The van der Waals surface area contributed by atoms with Crippen LogP contribution in [0.4, 0.5) is 0 Å². The minimum absolute atomic E-state index is 0.496. The van der Waals surface area contributed by atoms with Gasteiger partial charge < -0.3 is 9.47 Å². The molecule has 1 rings (SSSR count). The number of hydrogen-bond donors (Lipinski definition) is 0. The van der Waals surface area contributed by atoms with Crippen LogP contribution in [0.1, 0.15) is 13.8 Å². The minimum atomic E-state index is -0.496. The topological polar surface area (TPSA) is 18.5 Å². The highest BCUT2D eigenvalue weighted by atomic mass is 127. The quantitative estimate of drug-likeness (QED) is 0.493. The largest absolute Gasteiger partial charge is 0.438 e. The van der Waals surface area contributed by atoms with Crippen LogP contribution in [-0.2, 0) is 9.47 Å². The van der Waals surface area contributed by atoms with Crippen molar-refractivity contribution in [3.63, 3.8) is 0 Å². The molecule has 0 aromatic carbocycles. The summed E-state index contributed by atoms with van der Waals surface area (Å²) in [6.45, 7) is 3.79. The van der Waals surface area contributed by atoms with Crippen LogP contribution in [-0.4, -0.2) is 1.80 Å². The lowest BCUT2D eigenvalue weighted by molar-refractivity contribution is 0.0374. The Kier molecular flexibility index (Phi) is 2.15. The van der Waals surface area contributed by atoms with Gasteiger partial charge in [-0.05, 0) is 13.8 Å². The number of hydrogen-bond acceptors (Lipinski definition) is 2. The average molecular weight is 352 g/mol. The highest BCUT2D eigenvalue weighted by Crippen LogP contribution is 2.41. The van der Waals surface area contributed by atoms with Crippen molar-refractivity contribution in [1.29, 1.82) is 0 Å². The van der Waals surface area contributed by atoms with Gasteiger partial charge in [-0.25, -0.2) is 0 Å². The van der Waals surface area contributed by atoms with Crippen molar-refractivity contribution in [3.8, 4) is 0 Å². The maximum Gasteiger partial charge on any atom is 0.354 e. The molecule has 4 heteroatoms. The lowest BCUT2D eigenvalue weighted by atomic mass is 10.5. The second kappa shape index (κ2) is 2.44. The van der Waals surface area contributed by atoms with Crippen LogP contribution in [0.25, 0.3) is 0 Å². The predicted molar refractivity (Wildman–Crippen MR) is 51.3 cm³/mol. The van der Waals surface area contributed by atoms with Crippen LogP contribution in [0.2, 0.25) is 0 Å². The first kappa shape index (κ1) is 7.90. The third-order valence-electron chi connectivity index (χ3n) is 1.04. The average Bonchev–Trinajstić information content (AvgIpc) is 1.79. The first-order chi connectivity index (χ1) is 4.01. The van der Waals surface area contributed by atoms with Gasteiger partial charge in [-0.3, -0.25) is 0 Å². The molecule has 52 valence electrons. The molecule has 1 aliphatic rings. The molecule has 0 N–H and O–H groups in total. The van der Waals surface area contributed by atoms with E-state index in [4.69, 9.17) is 9.47 Å². The third-order valence-corrected chi connectivity index (χ3v) is 1.92. The van der Waals surface area contributed by atoms with Gasteiger partial charge in [0.1, 0.15) is 11.5 Å². The Morgan fingerprint density at radius 1 is 1.11 bits per heavy atom. The molecule has 0 spiro atoms. The van der Waals surface area contributed by atoms with Gasteiger partial charge in [-0.15, -0.1) is 0 Å². The second-order valence-electron chi connectivity index (χ2n) is 1.78. The van der Waals surface area contributed by atoms with Gasteiger partial charge in [0.15, 0.2) is 0 Å². The molecule has 0 aliphatic carbocycles. The van der Waals surface area contributed by atoms with E-state index in [1.54, 1.807) is 0 Å². The van der Waals surface area contributed by atoms with E-state index < -0.39 is 1.80 Å². The summed E-state index contributed by atoms with van der Waals surface area (Å²) in [7, 11) is 0. The van der Waals surface area contributed by atoms with E-state index in [1.165, 1.54) is 0 Å². The lowest BCUT2D eigenvalue weighted by Crippen LogP contribution is -2.10. The standard InChI is InChI=1S/C5H6I2O2/c1-3-4(2)9-5(6,7)8-3/h1-2H3. The van der Waals surface area contributed by atoms with Crippen molar-refractivity contribution in [2.24, 2.45) is 0 Å². The number of ether oxygens (including phenoxy) is 2. The van der Waals surface area contributed by atoms with E-state index in [0.717, 1.165) is 11.5 Å². The first-order valence-corrected chi connectivity index (χ1v) is 4.60. The fourth-order valence-corrected chi connectivity index (χ4v) is 1.84. The molecular weight excluding hydrogens is 346 g/mol. The van der Waals surface area contributed by atoms with Gasteiger partial charge in [0.25, 0.3) is 0 Å². The van der Waals surface area contributed by atoms with Crippen molar-refractivity contribution in [1.82, 2.24) is 0 Å². The Balaban J connectivity index is 2.70. The van der Waals surface area contributed by atoms with E-state index >= 15 is 0 Å². The molecule has 9 heavy (non-hydrogen) atoms. The summed E-state index contributed by atoms with van der Waals surface area (Å²) in [4.78, 5) is 0. The van der Waals surface area contributed by atoms with E-state index in [0.29, 0.717) is 0 Å². The van der Waals surface area contributed by atoms with Gasteiger partial charge in [0.05, 0.1) is 0 Å². The molecular formula is C5H6I2O2. The van der Waals surface area contributed by atoms with Crippen LogP contribution >= 0.6 is 45.2 Å². The van der Waals surface area contributed by atoms with Crippen molar-refractivity contribution < 1.29 is 9.47 Å². The Labute approximate surface area is 81.3 Å². The number of allylic oxidation sites excluding steroid dienone is 2. The highest BCUT2D eigenvalue weighted by Gasteiger charge is 2.33. The molecule has 1 heterocycles. The van der Waals surface area contributed by atoms with Crippen LogP contribution in [0.5, 0.6) is 0 Å². The number of rotatable bonds is 0. The summed E-state index contributed by atoms with van der Waals surface area (Å²) in [5.74, 6) is 1.75. The first-order valence-electron chi connectivity index (χ1n) is 2.44. The molecule has 2 nitrogen and oxygen atoms in total. The molecule has 0 aromatic rings. The van der Waals surface area contributed by atoms with E-state index in [-0.39, 0.29) is 0 Å². The minimum Gasteiger partial charge on any atom is -0.438 e. The summed E-state index contributed by atoms with van der Waals surface area (Å²) >= 11 is 4.19. The van der Waals surface area contributed by atoms with Gasteiger partial charge in [0, 0.05) is 45.2 Å². The highest BCUT2D eigenvalue weighted by molar-refractivity contribution is 14.2. The number of alkyl halides is 2. The zero-order valence-electron chi connectivity index (χ0n) is 5.07. The normalized spacial score (nSPS) is 23.6. The predicted octanol–water partition coefficient (Wildman–Crippen LogP) is 2.77. The van der Waals surface area contributed by atoms with Gasteiger partial charge in [-0.1, -0.05) is 0 Å². The molecule has 0 saturated heterocycles. The maximum atomic E-state index is 5.29. The smallest absolute Gasteiger partial charge is 0.354 e. The maximum absolute atomic E-state index is 5.29. The van der Waals surface area contributed by atoms with E-state index in [2.05, 4.69) is 45.2 Å². The molecule has 0 amide bonds. The number of halogens is 2. The van der Waals surface area contributed by atoms with Gasteiger partial charge >= 0.3 is 1.80 Å². The Morgan fingerprint density at radius 3 is 1.56 bits per heavy atom. The lowest BCUT2D eigenvalue weighted by Gasteiger charge is -2.12. The Bertz CT molecular complexity index is 146. The molecule has 0 bridgehead atoms. The van der Waals surface area contributed by atoms with Gasteiger partial charge in [-0.2, -0.15) is 0 Å². The fourth-order valence-electron chi connectivity index (χ4n) is 0.521. The zero-order chi connectivity index (χ0) is 7.07. The molecule has 1 aliphatic heterocycles. The zero-order valence-corrected chi connectivity index (χ0v) is 9.39. The van der Waals surface area contributed by atoms with Crippen LogP contribution in [0, 0.1) is 0 Å². The van der Waals surface area contributed by atoms with Crippen LogP contribution in [0.15, 0.2) is 11.5 Å². The molecule has 0 fully saturated rings. The summed E-state index contributed by atoms with van der Waals surface area (Å²) in [6.07, 6.45) is 0. The second-order valence-corrected chi connectivity index (χ2v) is 6.68. The molecule has 0 aromatic heterocycles. The Morgan fingerprint density at radius 2 is 1.44 bits per heavy atom. The van der Waals surface area contributed by atoms with Crippen molar-refractivity contribution >= 4 is 45.2 Å². The van der Waals surface area contributed by atoms with E-state index in [1.807, 2.05) is 13.8 Å². The third kappa shape index (κ3) is 1.86. The Hall–Kier alpha value is 0.800. The SMILES string of the molecule is CC1=C(C)OC(I)(I)O1. The molecule has 0 unspecified atom stereocenters. The van der Waals surface area contributed by atoms with Crippen molar-refractivity contribution in [3.05, 3.63) is 11.5 Å². The van der Waals surface area contributed by atoms with Crippen molar-refractivity contribution in [2.75, 3.05) is 0 Å². The van der Waals surface area contributed by atoms with Crippen LogP contribution in [0.3, 0.4) is 0 Å². The van der Waals surface area contributed by atoms with Gasteiger partial charge in [0.2, 0.25) is 0 Å². The molecule has 0 saturated carbocycles. The summed E-state index contributed by atoms with van der Waals surface area (Å²) < 4.78 is 10.1. The molecule has 0 radical (unpaired) electrons. The van der Waals surface area contributed by atoms with E-state index in [9.17, 15) is 0 Å². The monoisotopic (exact) mass is 352 g/mol.